The highest BCUT2D eigenvalue weighted by molar-refractivity contribution is 5.20. The standard InChI is InChI=1S/C11H16F3N3O/c1-3-4-15-5-8-6-16-9(7-18-2)17-10(8)11(12,13)14/h6,15H,3-5,7H2,1-2H3. The van der Waals surface area contributed by atoms with Crippen molar-refractivity contribution in [1.29, 1.82) is 0 Å². The molecule has 0 fully saturated rings. The van der Waals surface area contributed by atoms with Crippen molar-refractivity contribution in [2.75, 3.05) is 13.7 Å². The maximum Gasteiger partial charge on any atom is 0.433 e. The lowest BCUT2D eigenvalue weighted by molar-refractivity contribution is -0.142. The van der Waals surface area contributed by atoms with Crippen LogP contribution in [0.1, 0.15) is 30.4 Å². The van der Waals surface area contributed by atoms with Crippen molar-refractivity contribution in [3.05, 3.63) is 23.3 Å². The number of halogens is 3. The second-order valence-electron chi connectivity index (χ2n) is 3.77. The van der Waals surface area contributed by atoms with Crippen molar-refractivity contribution in [3.8, 4) is 0 Å². The molecule has 102 valence electrons. The van der Waals surface area contributed by atoms with E-state index in [0.717, 1.165) is 6.42 Å². The van der Waals surface area contributed by atoms with Crippen molar-refractivity contribution >= 4 is 0 Å². The molecule has 1 aromatic heterocycles. The molecule has 0 atom stereocenters. The number of methoxy groups -OCH3 is 1. The number of hydrogen-bond acceptors (Lipinski definition) is 4. The lowest BCUT2D eigenvalue weighted by Gasteiger charge is -2.13. The van der Waals surface area contributed by atoms with Gasteiger partial charge in [-0.25, -0.2) is 9.97 Å². The molecule has 0 radical (unpaired) electrons. The zero-order chi connectivity index (χ0) is 13.6. The smallest absolute Gasteiger partial charge is 0.377 e. The van der Waals surface area contributed by atoms with E-state index in [1.165, 1.54) is 13.3 Å². The molecule has 0 unspecified atom stereocenters. The summed E-state index contributed by atoms with van der Waals surface area (Å²) in [5.41, 5.74) is -0.844. The largest absolute Gasteiger partial charge is 0.433 e. The van der Waals surface area contributed by atoms with Gasteiger partial charge in [-0.05, 0) is 13.0 Å². The van der Waals surface area contributed by atoms with E-state index < -0.39 is 11.9 Å². The minimum atomic E-state index is -4.48. The summed E-state index contributed by atoms with van der Waals surface area (Å²) in [6.45, 7) is 2.66. The van der Waals surface area contributed by atoms with E-state index in [2.05, 4.69) is 15.3 Å². The van der Waals surface area contributed by atoms with Crippen molar-refractivity contribution in [3.63, 3.8) is 0 Å². The number of hydrogen-bond donors (Lipinski definition) is 1. The Hall–Kier alpha value is -1.21. The van der Waals surface area contributed by atoms with Gasteiger partial charge in [-0.1, -0.05) is 6.92 Å². The highest BCUT2D eigenvalue weighted by atomic mass is 19.4. The number of ether oxygens (including phenoxy) is 1. The van der Waals surface area contributed by atoms with Gasteiger partial charge in [0.2, 0.25) is 0 Å². The number of nitrogens with one attached hydrogen (secondary N) is 1. The lowest BCUT2D eigenvalue weighted by Crippen LogP contribution is -2.21. The first kappa shape index (κ1) is 14.8. The Kier molecular flexibility index (Phi) is 5.49. The third-order valence-corrected chi connectivity index (χ3v) is 2.20. The number of nitrogens with zero attached hydrogens (tertiary/aromatic N) is 2. The SMILES string of the molecule is CCCNCc1cnc(COC)nc1C(F)(F)F. The van der Waals surface area contributed by atoms with Gasteiger partial charge in [-0.15, -0.1) is 0 Å². The van der Waals surface area contributed by atoms with Gasteiger partial charge in [0.1, 0.15) is 6.61 Å². The van der Waals surface area contributed by atoms with Crippen LogP contribution in [0.25, 0.3) is 0 Å². The molecular weight excluding hydrogens is 247 g/mol. The molecule has 0 aromatic carbocycles. The second-order valence-corrected chi connectivity index (χ2v) is 3.77. The fourth-order valence-electron chi connectivity index (χ4n) is 1.42. The van der Waals surface area contributed by atoms with Crippen LogP contribution in [0.15, 0.2) is 6.20 Å². The van der Waals surface area contributed by atoms with E-state index in [1.54, 1.807) is 0 Å². The maximum absolute atomic E-state index is 12.8. The summed E-state index contributed by atoms with van der Waals surface area (Å²) in [7, 11) is 1.38. The lowest BCUT2D eigenvalue weighted by atomic mass is 10.2. The summed E-state index contributed by atoms with van der Waals surface area (Å²) in [5.74, 6) is 0.0315. The number of aromatic nitrogens is 2. The Bertz CT molecular complexity index is 382. The van der Waals surface area contributed by atoms with Gasteiger partial charge < -0.3 is 10.1 Å². The van der Waals surface area contributed by atoms with Crippen LogP contribution < -0.4 is 5.32 Å². The molecule has 0 aliphatic heterocycles. The van der Waals surface area contributed by atoms with Crippen LogP contribution in [0.5, 0.6) is 0 Å². The molecule has 1 aromatic rings. The van der Waals surface area contributed by atoms with Crippen LogP contribution in [-0.4, -0.2) is 23.6 Å². The predicted molar refractivity (Wildman–Crippen MR) is 59.7 cm³/mol. The molecule has 0 amide bonds. The van der Waals surface area contributed by atoms with Crippen LogP contribution in [0, 0.1) is 0 Å². The molecule has 0 aliphatic carbocycles. The van der Waals surface area contributed by atoms with E-state index in [0.29, 0.717) is 6.54 Å². The van der Waals surface area contributed by atoms with E-state index in [1.807, 2.05) is 6.92 Å². The van der Waals surface area contributed by atoms with Crippen LogP contribution in [0.3, 0.4) is 0 Å². The highest BCUT2D eigenvalue weighted by Gasteiger charge is 2.35. The van der Waals surface area contributed by atoms with Gasteiger partial charge >= 0.3 is 6.18 Å². The molecule has 0 aliphatic rings. The van der Waals surface area contributed by atoms with Crippen LogP contribution >= 0.6 is 0 Å². The van der Waals surface area contributed by atoms with E-state index in [9.17, 15) is 13.2 Å². The normalized spacial score (nSPS) is 11.8. The Morgan fingerprint density at radius 1 is 1.39 bits per heavy atom. The molecule has 7 heteroatoms. The highest BCUT2D eigenvalue weighted by Crippen LogP contribution is 2.30. The summed E-state index contributed by atoms with van der Waals surface area (Å²) in [6, 6.07) is 0. The van der Waals surface area contributed by atoms with Crippen molar-refractivity contribution < 1.29 is 17.9 Å². The summed E-state index contributed by atoms with van der Waals surface area (Å²) >= 11 is 0. The van der Waals surface area contributed by atoms with Crippen LogP contribution in [0.4, 0.5) is 13.2 Å². The molecule has 18 heavy (non-hydrogen) atoms. The average molecular weight is 263 g/mol. The van der Waals surface area contributed by atoms with Crippen LogP contribution in [-0.2, 0) is 24.1 Å². The monoisotopic (exact) mass is 263 g/mol. The first-order valence-corrected chi connectivity index (χ1v) is 5.60. The van der Waals surface area contributed by atoms with Gasteiger partial charge in [-0.3, -0.25) is 0 Å². The van der Waals surface area contributed by atoms with Gasteiger partial charge in [0.05, 0.1) is 0 Å². The van der Waals surface area contributed by atoms with E-state index in [-0.39, 0.29) is 24.5 Å². The van der Waals surface area contributed by atoms with E-state index >= 15 is 0 Å². The molecule has 0 saturated heterocycles. The van der Waals surface area contributed by atoms with Gasteiger partial charge in [0.15, 0.2) is 11.5 Å². The van der Waals surface area contributed by atoms with Crippen molar-refractivity contribution in [2.45, 2.75) is 32.7 Å². The molecule has 1 N–H and O–H groups in total. The molecule has 0 saturated carbocycles. The van der Waals surface area contributed by atoms with Crippen molar-refractivity contribution in [1.82, 2.24) is 15.3 Å². The van der Waals surface area contributed by atoms with E-state index in [4.69, 9.17) is 4.74 Å². The van der Waals surface area contributed by atoms with Gasteiger partial charge in [0, 0.05) is 25.4 Å². The minimum absolute atomic E-state index is 0.0315. The first-order chi connectivity index (χ1) is 8.49. The van der Waals surface area contributed by atoms with Crippen molar-refractivity contribution in [2.24, 2.45) is 0 Å². The summed E-state index contributed by atoms with van der Waals surface area (Å²) in [6.07, 6.45) is -2.43. The first-order valence-electron chi connectivity index (χ1n) is 5.60. The third-order valence-electron chi connectivity index (χ3n) is 2.20. The fraction of sp³-hybridized carbons (Fsp3) is 0.636. The molecule has 0 spiro atoms. The Labute approximate surface area is 104 Å². The van der Waals surface area contributed by atoms with Gasteiger partial charge in [0.25, 0.3) is 0 Å². The minimum Gasteiger partial charge on any atom is -0.377 e. The molecule has 1 heterocycles. The van der Waals surface area contributed by atoms with Crippen LogP contribution in [0.2, 0.25) is 0 Å². The van der Waals surface area contributed by atoms with Gasteiger partial charge in [-0.2, -0.15) is 13.2 Å². The zero-order valence-electron chi connectivity index (χ0n) is 10.3. The quantitative estimate of drug-likeness (QED) is 0.799. The topological polar surface area (TPSA) is 47.0 Å². The summed E-state index contributed by atoms with van der Waals surface area (Å²) < 4.78 is 43.2. The molecule has 1 rings (SSSR count). The predicted octanol–water partition coefficient (Wildman–Crippen LogP) is 2.14. The average Bonchev–Trinajstić information content (AvgIpc) is 2.30. The molecule has 4 nitrogen and oxygen atoms in total. The molecular formula is C11H16F3N3O. The Morgan fingerprint density at radius 2 is 2.11 bits per heavy atom. The maximum atomic E-state index is 12.8. The number of alkyl halides is 3. The summed E-state index contributed by atoms with van der Waals surface area (Å²) in [4.78, 5) is 7.36. The summed E-state index contributed by atoms with van der Waals surface area (Å²) in [5, 5.41) is 2.90. The molecule has 0 bridgehead atoms. The Balaban J connectivity index is 2.94. The Morgan fingerprint density at radius 3 is 2.67 bits per heavy atom. The second kappa shape index (κ2) is 6.65. The zero-order valence-corrected chi connectivity index (χ0v) is 10.3. The number of rotatable bonds is 6. The fourth-order valence-corrected chi connectivity index (χ4v) is 1.42. The third kappa shape index (κ3) is 4.23.